The third kappa shape index (κ3) is 3.40. The fourth-order valence-electron chi connectivity index (χ4n) is 3.68. The van der Waals surface area contributed by atoms with Gasteiger partial charge in [0.15, 0.2) is 0 Å². The maximum atomic E-state index is 14.0. The van der Waals surface area contributed by atoms with Crippen LogP contribution >= 0.6 is 0 Å². The summed E-state index contributed by atoms with van der Waals surface area (Å²) in [6.07, 6.45) is 0.957. The van der Waals surface area contributed by atoms with Gasteiger partial charge in [0.2, 0.25) is 11.8 Å². The fourth-order valence-corrected chi connectivity index (χ4v) is 3.68. The van der Waals surface area contributed by atoms with Crippen molar-refractivity contribution in [1.82, 2.24) is 4.90 Å². The minimum absolute atomic E-state index is 0.0430. The number of nitrogens with zero attached hydrogens (tertiary/aromatic N) is 2. The van der Waals surface area contributed by atoms with Crippen LogP contribution in [0.2, 0.25) is 0 Å². The summed E-state index contributed by atoms with van der Waals surface area (Å²) in [5, 5.41) is 9.41. The molecule has 8 heteroatoms. The quantitative estimate of drug-likeness (QED) is 0.888. The highest BCUT2D eigenvalue weighted by Gasteiger charge is 2.42. The first-order valence-corrected chi connectivity index (χ1v) is 8.56. The SMILES string of the molecule is CC1CCN(C(=O)C2CC(=O)N(c3ccc(F)cc3F)C2)C(C(=O)O)C1. The molecule has 3 atom stereocenters. The Labute approximate surface area is 149 Å². The number of likely N-dealkylation sites (tertiary alicyclic amines) is 1. The normalized spacial score (nSPS) is 26.3. The molecule has 1 N–H and O–H groups in total. The van der Waals surface area contributed by atoms with Crippen LogP contribution in [0.15, 0.2) is 18.2 Å². The maximum absolute atomic E-state index is 14.0. The molecule has 1 aromatic rings. The molecule has 3 rings (SSSR count). The Morgan fingerprint density at radius 2 is 2.00 bits per heavy atom. The zero-order chi connectivity index (χ0) is 19.0. The van der Waals surface area contributed by atoms with Crippen LogP contribution in [0.1, 0.15) is 26.2 Å². The van der Waals surface area contributed by atoms with E-state index in [-0.39, 0.29) is 24.6 Å². The first-order chi connectivity index (χ1) is 12.3. The molecule has 0 spiro atoms. The van der Waals surface area contributed by atoms with Crippen molar-refractivity contribution in [2.45, 2.75) is 32.2 Å². The molecule has 2 aliphatic heterocycles. The van der Waals surface area contributed by atoms with Gasteiger partial charge in [-0.15, -0.1) is 0 Å². The molecule has 2 heterocycles. The number of carbonyl (C=O) groups is 3. The molecule has 2 amide bonds. The Hall–Kier alpha value is -2.51. The van der Waals surface area contributed by atoms with Gasteiger partial charge in [0.25, 0.3) is 0 Å². The summed E-state index contributed by atoms with van der Waals surface area (Å²) < 4.78 is 27.0. The van der Waals surface area contributed by atoms with Gasteiger partial charge in [-0.25, -0.2) is 13.6 Å². The Morgan fingerprint density at radius 1 is 1.27 bits per heavy atom. The molecular weight excluding hydrogens is 346 g/mol. The third-order valence-electron chi connectivity index (χ3n) is 5.11. The van der Waals surface area contributed by atoms with Gasteiger partial charge in [0.1, 0.15) is 17.7 Å². The number of carboxylic acids is 1. The van der Waals surface area contributed by atoms with Crippen LogP contribution in [0, 0.1) is 23.5 Å². The lowest BCUT2D eigenvalue weighted by atomic mass is 9.91. The zero-order valence-corrected chi connectivity index (χ0v) is 14.3. The number of anilines is 1. The Morgan fingerprint density at radius 3 is 2.65 bits per heavy atom. The number of aliphatic carboxylic acids is 1. The van der Waals surface area contributed by atoms with E-state index in [2.05, 4.69) is 0 Å². The molecule has 3 unspecified atom stereocenters. The lowest BCUT2D eigenvalue weighted by molar-refractivity contribution is -0.154. The van der Waals surface area contributed by atoms with E-state index < -0.39 is 41.4 Å². The molecule has 1 aromatic carbocycles. The zero-order valence-electron chi connectivity index (χ0n) is 14.3. The standard InChI is InChI=1S/C18H20F2N2O4/c1-10-4-5-21(15(6-10)18(25)26)17(24)11-7-16(23)22(9-11)14-3-2-12(19)8-13(14)20/h2-3,8,10-11,15H,4-7,9H2,1H3,(H,25,26). The number of hydrogen-bond donors (Lipinski definition) is 1. The van der Waals surface area contributed by atoms with Crippen LogP contribution in [0.3, 0.4) is 0 Å². The van der Waals surface area contributed by atoms with Gasteiger partial charge in [0.05, 0.1) is 11.6 Å². The van der Waals surface area contributed by atoms with E-state index in [1.165, 1.54) is 4.90 Å². The maximum Gasteiger partial charge on any atom is 0.326 e. The summed E-state index contributed by atoms with van der Waals surface area (Å²) in [6.45, 7) is 2.22. The Balaban J connectivity index is 1.77. The van der Waals surface area contributed by atoms with Crippen molar-refractivity contribution in [3.63, 3.8) is 0 Å². The van der Waals surface area contributed by atoms with Crippen LogP contribution in [0.25, 0.3) is 0 Å². The van der Waals surface area contributed by atoms with E-state index in [0.29, 0.717) is 25.5 Å². The van der Waals surface area contributed by atoms with Crippen LogP contribution in [0.4, 0.5) is 14.5 Å². The second kappa shape index (κ2) is 7.01. The van der Waals surface area contributed by atoms with Crippen LogP contribution in [0.5, 0.6) is 0 Å². The first kappa shape index (κ1) is 18.3. The van der Waals surface area contributed by atoms with Crippen molar-refractivity contribution in [2.75, 3.05) is 18.0 Å². The number of hydrogen-bond acceptors (Lipinski definition) is 3. The van der Waals surface area contributed by atoms with Gasteiger partial charge < -0.3 is 14.9 Å². The van der Waals surface area contributed by atoms with Crippen molar-refractivity contribution in [1.29, 1.82) is 0 Å². The Bertz CT molecular complexity index is 755. The van der Waals surface area contributed by atoms with Gasteiger partial charge in [0, 0.05) is 25.6 Å². The minimum Gasteiger partial charge on any atom is -0.480 e. The largest absolute Gasteiger partial charge is 0.480 e. The van der Waals surface area contributed by atoms with E-state index >= 15 is 0 Å². The second-order valence-corrected chi connectivity index (χ2v) is 7.02. The predicted molar refractivity (Wildman–Crippen MR) is 88.4 cm³/mol. The molecule has 2 aliphatic rings. The van der Waals surface area contributed by atoms with Gasteiger partial charge in [-0.3, -0.25) is 9.59 Å². The van der Waals surface area contributed by atoms with Crippen molar-refractivity contribution in [3.8, 4) is 0 Å². The summed E-state index contributed by atoms with van der Waals surface area (Å²) in [7, 11) is 0. The summed E-state index contributed by atoms with van der Waals surface area (Å²) in [5.74, 6) is -4.05. The molecule has 2 saturated heterocycles. The molecule has 26 heavy (non-hydrogen) atoms. The Kier molecular flexibility index (Phi) is 4.93. The minimum atomic E-state index is -1.06. The van der Waals surface area contributed by atoms with E-state index in [4.69, 9.17) is 0 Å². The van der Waals surface area contributed by atoms with Crippen molar-refractivity contribution >= 4 is 23.5 Å². The average Bonchev–Trinajstić information content (AvgIpc) is 2.96. The summed E-state index contributed by atoms with van der Waals surface area (Å²) in [6, 6.07) is 1.99. The van der Waals surface area contributed by atoms with Gasteiger partial charge in [-0.1, -0.05) is 6.92 Å². The number of amides is 2. The molecule has 140 valence electrons. The van der Waals surface area contributed by atoms with E-state index in [1.807, 2.05) is 6.92 Å². The molecule has 2 fully saturated rings. The van der Waals surface area contributed by atoms with Crippen LogP contribution < -0.4 is 4.90 Å². The number of halogens is 2. The predicted octanol–water partition coefficient (Wildman–Crippen LogP) is 2.03. The molecule has 6 nitrogen and oxygen atoms in total. The highest BCUT2D eigenvalue weighted by molar-refractivity contribution is 6.01. The van der Waals surface area contributed by atoms with Crippen LogP contribution in [-0.2, 0) is 14.4 Å². The van der Waals surface area contributed by atoms with Gasteiger partial charge in [-0.2, -0.15) is 0 Å². The molecule has 0 aromatic heterocycles. The van der Waals surface area contributed by atoms with Gasteiger partial charge in [-0.05, 0) is 30.9 Å². The summed E-state index contributed by atoms with van der Waals surface area (Å²) in [4.78, 5) is 39.0. The highest BCUT2D eigenvalue weighted by atomic mass is 19.1. The summed E-state index contributed by atoms with van der Waals surface area (Å²) in [5.41, 5.74) is -0.0752. The molecule has 0 saturated carbocycles. The monoisotopic (exact) mass is 366 g/mol. The van der Waals surface area contributed by atoms with Gasteiger partial charge >= 0.3 is 5.97 Å². The first-order valence-electron chi connectivity index (χ1n) is 8.56. The molecular formula is C18H20F2N2O4. The number of rotatable bonds is 3. The van der Waals surface area contributed by atoms with Crippen molar-refractivity contribution < 1.29 is 28.3 Å². The second-order valence-electron chi connectivity index (χ2n) is 7.02. The summed E-state index contributed by atoms with van der Waals surface area (Å²) >= 11 is 0. The van der Waals surface area contributed by atoms with Crippen LogP contribution in [-0.4, -0.2) is 46.9 Å². The number of carboxylic acid groups (broad SMARTS) is 1. The topological polar surface area (TPSA) is 77.9 Å². The van der Waals surface area contributed by atoms with E-state index in [1.54, 1.807) is 0 Å². The number of piperidine rings is 1. The van der Waals surface area contributed by atoms with E-state index in [0.717, 1.165) is 17.0 Å². The molecule has 0 bridgehead atoms. The number of benzene rings is 1. The highest BCUT2D eigenvalue weighted by Crippen LogP contribution is 2.31. The van der Waals surface area contributed by atoms with E-state index in [9.17, 15) is 28.3 Å². The van der Waals surface area contributed by atoms with Crippen molar-refractivity contribution in [3.05, 3.63) is 29.8 Å². The fraction of sp³-hybridized carbons (Fsp3) is 0.500. The number of carbonyl (C=O) groups excluding carboxylic acids is 2. The molecule has 0 radical (unpaired) electrons. The average molecular weight is 366 g/mol. The third-order valence-corrected chi connectivity index (χ3v) is 5.11. The lowest BCUT2D eigenvalue weighted by Gasteiger charge is -2.37. The lowest BCUT2D eigenvalue weighted by Crippen LogP contribution is -2.52. The molecule has 0 aliphatic carbocycles. The van der Waals surface area contributed by atoms with Crippen molar-refractivity contribution in [2.24, 2.45) is 11.8 Å². The smallest absolute Gasteiger partial charge is 0.326 e.